The average Bonchev–Trinajstić information content (AvgIpc) is 3.45. The number of fused-ring (bicyclic) bond motifs is 1. The van der Waals surface area contributed by atoms with Gasteiger partial charge in [-0.05, 0) is 44.2 Å². The molecule has 3 aromatic heterocycles. The standard InChI is InChI=1S/C22H25FN6O2/c1-3-21(23)5-7-22(30,8-6-21)17-12-19(28-10-11-31-14-15(28)2)26-20-16(17)13-25-29(20)18-4-9-24-27-18/h1,4,9,12-13,15,30H,5-8,10-11,14H2,2H3,(H,24,27)/t15-,21?,22?/m1/s1. The lowest BCUT2D eigenvalue weighted by atomic mass is 9.73. The Bertz CT molecular complexity index is 1130. The number of nitrogens with zero attached hydrogens (tertiary/aromatic N) is 5. The van der Waals surface area contributed by atoms with E-state index in [1.807, 2.05) is 6.07 Å². The van der Waals surface area contributed by atoms with Crippen molar-refractivity contribution in [3.05, 3.63) is 30.1 Å². The Kier molecular flexibility index (Phi) is 4.72. The lowest BCUT2D eigenvalue weighted by molar-refractivity contribution is -0.0329. The molecule has 2 aliphatic rings. The van der Waals surface area contributed by atoms with E-state index >= 15 is 0 Å². The Morgan fingerprint density at radius 3 is 2.81 bits per heavy atom. The van der Waals surface area contributed by atoms with Crippen LogP contribution in [0.5, 0.6) is 0 Å². The van der Waals surface area contributed by atoms with Crippen LogP contribution in [0.3, 0.4) is 0 Å². The Hall–Kier alpha value is -2.96. The lowest BCUT2D eigenvalue weighted by Crippen LogP contribution is -2.44. The van der Waals surface area contributed by atoms with E-state index in [-0.39, 0.29) is 31.7 Å². The minimum absolute atomic E-state index is 0.112. The maximum atomic E-state index is 14.7. The third kappa shape index (κ3) is 3.36. The van der Waals surface area contributed by atoms with E-state index in [1.54, 1.807) is 23.1 Å². The molecule has 1 aliphatic carbocycles. The molecule has 1 saturated carbocycles. The summed E-state index contributed by atoms with van der Waals surface area (Å²) in [5.74, 6) is 3.60. The average molecular weight is 424 g/mol. The number of alkyl halides is 1. The zero-order valence-electron chi connectivity index (χ0n) is 17.4. The van der Waals surface area contributed by atoms with Crippen molar-refractivity contribution in [1.29, 1.82) is 0 Å². The zero-order valence-corrected chi connectivity index (χ0v) is 17.4. The number of pyridine rings is 1. The zero-order chi connectivity index (χ0) is 21.6. The van der Waals surface area contributed by atoms with Gasteiger partial charge in [-0.1, -0.05) is 5.92 Å². The Morgan fingerprint density at radius 2 is 2.13 bits per heavy atom. The summed E-state index contributed by atoms with van der Waals surface area (Å²) in [4.78, 5) is 7.06. The lowest BCUT2D eigenvalue weighted by Gasteiger charge is -2.39. The highest BCUT2D eigenvalue weighted by Gasteiger charge is 2.43. The normalized spacial score (nSPS) is 29.2. The van der Waals surface area contributed by atoms with Gasteiger partial charge in [-0.25, -0.2) is 9.37 Å². The van der Waals surface area contributed by atoms with E-state index in [4.69, 9.17) is 16.1 Å². The largest absolute Gasteiger partial charge is 0.385 e. The Morgan fingerprint density at radius 1 is 1.32 bits per heavy atom. The molecule has 1 aliphatic heterocycles. The number of hydrogen-bond acceptors (Lipinski definition) is 6. The SMILES string of the molecule is C#CC1(F)CCC(O)(c2cc(N3CCOC[C@H]3C)nc3c2cnn3-c2cc[nH]n2)CC1. The van der Waals surface area contributed by atoms with Crippen molar-refractivity contribution in [3.63, 3.8) is 0 Å². The summed E-state index contributed by atoms with van der Waals surface area (Å²) in [6.45, 7) is 3.98. The number of rotatable bonds is 3. The molecular formula is C22H25FN6O2. The molecule has 8 nitrogen and oxygen atoms in total. The molecule has 1 saturated heterocycles. The predicted molar refractivity (Wildman–Crippen MR) is 114 cm³/mol. The number of H-pyrrole nitrogens is 1. The maximum Gasteiger partial charge on any atom is 0.177 e. The number of aromatic amines is 1. The first-order chi connectivity index (χ1) is 14.9. The van der Waals surface area contributed by atoms with E-state index in [0.29, 0.717) is 36.8 Å². The number of hydrogen-bond donors (Lipinski definition) is 2. The molecule has 2 fully saturated rings. The van der Waals surface area contributed by atoms with E-state index in [2.05, 4.69) is 33.0 Å². The van der Waals surface area contributed by atoms with Crippen molar-refractivity contribution in [3.8, 4) is 18.2 Å². The molecule has 31 heavy (non-hydrogen) atoms. The summed E-state index contributed by atoms with van der Waals surface area (Å²) < 4.78 is 21.9. The van der Waals surface area contributed by atoms with Crippen LogP contribution in [0.25, 0.3) is 16.9 Å². The highest BCUT2D eigenvalue weighted by Crippen LogP contribution is 2.45. The van der Waals surface area contributed by atoms with Crippen LogP contribution < -0.4 is 4.90 Å². The van der Waals surface area contributed by atoms with E-state index < -0.39 is 11.3 Å². The number of morpholine rings is 1. The third-order valence-corrected chi connectivity index (χ3v) is 6.52. The van der Waals surface area contributed by atoms with Crippen LogP contribution in [0.15, 0.2) is 24.5 Å². The smallest absolute Gasteiger partial charge is 0.177 e. The van der Waals surface area contributed by atoms with Crippen molar-refractivity contribution in [1.82, 2.24) is 25.0 Å². The quantitative estimate of drug-likeness (QED) is 0.628. The number of aliphatic hydroxyl groups is 1. The Labute approximate surface area is 179 Å². The summed E-state index contributed by atoms with van der Waals surface area (Å²) in [5.41, 5.74) is -1.58. The number of aromatic nitrogens is 5. The molecule has 5 rings (SSSR count). The number of ether oxygens (including phenoxy) is 1. The van der Waals surface area contributed by atoms with Crippen molar-refractivity contribution < 1.29 is 14.2 Å². The van der Waals surface area contributed by atoms with E-state index in [9.17, 15) is 9.50 Å². The van der Waals surface area contributed by atoms with Gasteiger partial charge in [0.25, 0.3) is 0 Å². The fourth-order valence-corrected chi connectivity index (χ4v) is 4.60. The van der Waals surface area contributed by atoms with Gasteiger partial charge in [0, 0.05) is 24.2 Å². The van der Waals surface area contributed by atoms with Crippen LogP contribution in [0.2, 0.25) is 0 Å². The summed E-state index contributed by atoms with van der Waals surface area (Å²) in [6, 6.07) is 3.86. The monoisotopic (exact) mass is 424 g/mol. The van der Waals surface area contributed by atoms with E-state index in [1.165, 1.54) is 0 Å². The summed E-state index contributed by atoms with van der Waals surface area (Å²) in [7, 11) is 0. The summed E-state index contributed by atoms with van der Waals surface area (Å²) in [6.07, 6.45) is 9.49. The van der Waals surface area contributed by atoms with Gasteiger partial charge in [0.2, 0.25) is 0 Å². The van der Waals surface area contributed by atoms with Crippen molar-refractivity contribution in [2.75, 3.05) is 24.7 Å². The number of terminal acetylenes is 1. The molecule has 9 heteroatoms. The third-order valence-electron chi connectivity index (χ3n) is 6.52. The van der Waals surface area contributed by atoms with Crippen LogP contribution in [0.1, 0.15) is 38.2 Å². The number of anilines is 1. The van der Waals surface area contributed by atoms with Gasteiger partial charge < -0.3 is 14.7 Å². The fraction of sp³-hybridized carbons (Fsp3) is 0.500. The summed E-state index contributed by atoms with van der Waals surface area (Å²) >= 11 is 0. The van der Waals surface area contributed by atoms with Gasteiger partial charge in [-0.2, -0.15) is 14.9 Å². The van der Waals surface area contributed by atoms with E-state index in [0.717, 1.165) is 11.2 Å². The van der Waals surface area contributed by atoms with Gasteiger partial charge in [-0.3, -0.25) is 5.10 Å². The first kappa shape index (κ1) is 20.0. The number of nitrogens with one attached hydrogen (secondary N) is 1. The van der Waals surface area contributed by atoms with Crippen molar-refractivity contribution >= 4 is 16.9 Å². The summed E-state index contributed by atoms with van der Waals surface area (Å²) in [5, 5.41) is 23.9. The first-order valence-electron chi connectivity index (χ1n) is 10.6. The van der Waals surface area contributed by atoms with Gasteiger partial charge in [-0.15, -0.1) is 6.42 Å². The van der Waals surface area contributed by atoms with Gasteiger partial charge >= 0.3 is 0 Å². The van der Waals surface area contributed by atoms with Crippen LogP contribution in [-0.4, -0.2) is 61.5 Å². The minimum atomic E-state index is -1.67. The molecule has 0 spiro atoms. The highest BCUT2D eigenvalue weighted by molar-refractivity contribution is 5.83. The van der Waals surface area contributed by atoms with Gasteiger partial charge in [0.1, 0.15) is 5.82 Å². The topological polar surface area (TPSA) is 92.1 Å². The molecule has 3 aromatic rings. The van der Waals surface area contributed by atoms with Crippen LogP contribution in [0, 0.1) is 12.3 Å². The first-order valence-corrected chi connectivity index (χ1v) is 10.6. The number of halogens is 1. The predicted octanol–water partition coefficient (Wildman–Crippen LogP) is 2.47. The molecule has 0 amide bonds. The second-order valence-corrected chi connectivity index (χ2v) is 8.51. The molecule has 162 valence electrons. The van der Waals surface area contributed by atoms with Crippen LogP contribution in [-0.2, 0) is 10.3 Å². The van der Waals surface area contributed by atoms with Crippen LogP contribution >= 0.6 is 0 Å². The van der Waals surface area contributed by atoms with Crippen LogP contribution in [0.4, 0.5) is 10.2 Å². The fourth-order valence-electron chi connectivity index (χ4n) is 4.60. The Balaban J connectivity index is 1.66. The molecule has 1 atom stereocenters. The molecule has 2 N–H and O–H groups in total. The molecular weight excluding hydrogens is 399 g/mol. The minimum Gasteiger partial charge on any atom is -0.385 e. The van der Waals surface area contributed by atoms with Crippen molar-refractivity contribution in [2.45, 2.75) is 49.9 Å². The second kappa shape index (κ2) is 7.32. The van der Waals surface area contributed by atoms with Crippen molar-refractivity contribution in [2.24, 2.45) is 0 Å². The van der Waals surface area contributed by atoms with Gasteiger partial charge in [0.15, 0.2) is 17.1 Å². The maximum absolute atomic E-state index is 14.7. The highest BCUT2D eigenvalue weighted by atomic mass is 19.1. The molecule has 0 unspecified atom stereocenters. The molecule has 4 heterocycles. The second-order valence-electron chi connectivity index (χ2n) is 8.51. The molecule has 0 radical (unpaired) electrons. The van der Waals surface area contributed by atoms with Gasteiger partial charge in [0.05, 0.1) is 31.1 Å². The molecule has 0 bridgehead atoms. The molecule has 0 aromatic carbocycles.